The van der Waals surface area contributed by atoms with Crippen molar-refractivity contribution in [2.75, 3.05) is 6.61 Å². The van der Waals surface area contributed by atoms with Crippen molar-refractivity contribution in [2.24, 2.45) is 0 Å². The zero-order chi connectivity index (χ0) is 7.49. The van der Waals surface area contributed by atoms with Crippen molar-refractivity contribution < 1.29 is 4.74 Å². The molecule has 0 aromatic heterocycles. The molecule has 0 aliphatic carbocycles. The summed E-state index contributed by atoms with van der Waals surface area (Å²) in [5, 5.41) is 0. The van der Waals surface area contributed by atoms with Crippen LogP contribution in [0.15, 0.2) is 0 Å². The highest BCUT2D eigenvalue weighted by Gasteiger charge is 2.30. The molecule has 0 aromatic carbocycles. The van der Waals surface area contributed by atoms with Gasteiger partial charge in [0.15, 0.2) is 5.56 Å². The molecule has 1 atom stereocenters. The van der Waals surface area contributed by atoms with Crippen molar-refractivity contribution in [3.05, 3.63) is 0 Å². The van der Waals surface area contributed by atoms with Crippen molar-refractivity contribution >= 4 is 46.4 Å². The van der Waals surface area contributed by atoms with E-state index in [-0.39, 0.29) is 0 Å². The number of ether oxygens (including phenoxy) is 1. The van der Waals surface area contributed by atoms with E-state index in [1.54, 1.807) is 6.92 Å². The van der Waals surface area contributed by atoms with Gasteiger partial charge in [-0.25, -0.2) is 0 Å². The van der Waals surface area contributed by atoms with Gasteiger partial charge in [0.25, 0.3) is 0 Å². The molecule has 0 aromatic rings. The lowest BCUT2D eigenvalue weighted by Crippen LogP contribution is -2.22. The first-order valence-electron chi connectivity index (χ1n) is 2.31. The summed E-state index contributed by atoms with van der Waals surface area (Å²) in [6.45, 7) is 2.20. The highest BCUT2D eigenvalue weighted by atomic mass is 35.6. The maximum atomic E-state index is 5.44. The molecule has 0 radical (unpaired) electrons. The van der Waals surface area contributed by atoms with E-state index in [1.165, 1.54) is 0 Å². The van der Waals surface area contributed by atoms with E-state index in [4.69, 9.17) is 51.1 Å². The Morgan fingerprint density at radius 3 is 2.00 bits per heavy atom. The molecule has 0 spiro atoms. The van der Waals surface area contributed by atoms with E-state index in [2.05, 4.69) is 0 Å². The number of hydrogen-bond donors (Lipinski definition) is 0. The van der Waals surface area contributed by atoms with Gasteiger partial charge in [0, 0.05) is 6.61 Å². The van der Waals surface area contributed by atoms with Crippen LogP contribution >= 0.6 is 46.4 Å². The highest BCUT2D eigenvalue weighted by Crippen LogP contribution is 2.34. The van der Waals surface area contributed by atoms with E-state index < -0.39 is 9.36 Å². The molecule has 0 aliphatic rings. The van der Waals surface area contributed by atoms with Crippen LogP contribution in [-0.2, 0) is 4.74 Å². The molecule has 0 fully saturated rings. The first kappa shape index (κ1) is 10.1. The van der Waals surface area contributed by atoms with Crippen LogP contribution in [0, 0.1) is 0 Å². The summed E-state index contributed by atoms with van der Waals surface area (Å²) in [7, 11) is 0. The summed E-state index contributed by atoms with van der Waals surface area (Å²) in [6, 6.07) is 0. The van der Waals surface area contributed by atoms with Crippen molar-refractivity contribution in [3.8, 4) is 0 Å². The second kappa shape index (κ2) is 4.09. The Kier molecular flexibility index (Phi) is 4.60. The zero-order valence-corrected chi connectivity index (χ0v) is 7.73. The normalized spacial score (nSPS) is 15.7. The first-order chi connectivity index (χ1) is 3.98. The molecule has 5 heteroatoms. The van der Waals surface area contributed by atoms with Crippen LogP contribution in [0.1, 0.15) is 6.92 Å². The van der Waals surface area contributed by atoms with Crippen LogP contribution in [0.2, 0.25) is 0 Å². The van der Waals surface area contributed by atoms with Gasteiger partial charge in [-0.3, -0.25) is 0 Å². The fourth-order valence-corrected chi connectivity index (χ4v) is 0.556. The number of hydrogen-bond acceptors (Lipinski definition) is 1. The summed E-state index contributed by atoms with van der Waals surface area (Å²) in [5.74, 6) is 0. The molecular formula is C4H6Cl4O. The molecular weight excluding hydrogens is 206 g/mol. The van der Waals surface area contributed by atoms with Gasteiger partial charge in [0.05, 0.1) is 0 Å². The van der Waals surface area contributed by atoms with Crippen LogP contribution in [0.4, 0.5) is 0 Å². The number of alkyl halides is 4. The third-order valence-corrected chi connectivity index (χ3v) is 1.95. The standard InChI is InChI=1S/C4H6Cl4O/c1-2-9-3(5)4(6,7)8/h3H,2H2,1H3. The molecule has 1 nitrogen and oxygen atoms in total. The Balaban J connectivity index is 3.59. The number of halogens is 4. The van der Waals surface area contributed by atoms with Crippen LogP contribution in [0.5, 0.6) is 0 Å². The van der Waals surface area contributed by atoms with Crippen LogP contribution in [0.3, 0.4) is 0 Å². The third-order valence-electron chi connectivity index (χ3n) is 0.570. The minimum atomic E-state index is -1.53. The van der Waals surface area contributed by atoms with E-state index in [1.807, 2.05) is 0 Å². The van der Waals surface area contributed by atoms with Gasteiger partial charge in [-0.05, 0) is 6.92 Å². The quantitative estimate of drug-likeness (QED) is 0.639. The molecule has 0 saturated carbocycles. The van der Waals surface area contributed by atoms with E-state index >= 15 is 0 Å². The van der Waals surface area contributed by atoms with Gasteiger partial charge in [-0.1, -0.05) is 46.4 Å². The molecule has 9 heavy (non-hydrogen) atoms. The average molecular weight is 212 g/mol. The van der Waals surface area contributed by atoms with Gasteiger partial charge in [-0.2, -0.15) is 0 Å². The second-order valence-electron chi connectivity index (χ2n) is 1.31. The van der Waals surface area contributed by atoms with Gasteiger partial charge in [-0.15, -0.1) is 0 Å². The molecule has 0 aliphatic heterocycles. The Morgan fingerprint density at radius 1 is 1.44 bits per heavy atom. The summed E-state index contributed by atoms with van der Waals surface area (Å²) < 4.78 is 3.25. The summed E-state index contributed by atoms with van der Waals surface area (Å²) in [5.41, 5.74) is -0.868. The first-order valence-corrected chi connectivity index (χ1v) is 3.88. The Bertz CT molecular complexity index is 79.1. The molecule has 0 rings (SSSR count). The number of rotatable bonds is 2. The summed E-state index contributed by atoms with van der Waals surface area (Å²) in [4.78, 5) is 0. The highest BCUT2D eigenvalue weighted by molar-refractivity contribution is 6.70. The van der Waals surface area contributed by atoms with Crippen LogP contribution in [-0.4, -0.2) is 16.0 Å². The lowest BCUT2D eigenvalue weighted by molar-refractivity contribution is 0.122. The van der Waals surface area contributed by atoms with Gasteiger partial charge >= 0.3 is 0 Å². The Morgan fingerprint density at radius 2 is 1.89 bits per heavy atom. The molecule has 0 bridgehead atoms. The van der Waals surface area contributed by atoms with Gasteiger partial charge in [0.1, 0.15) is 0 Å². The van der Waals surface area contributed by atoms with Crippen molar-refractivity contribution in [2.45, 2.75) is 16.3 Å². The third kappa shape index (κ3) is 4.51. The lowest BCUT2D eigenvalue weighted by Gasteiger charge is -2.16. The zero-order valence-electron chi connectivity index (χ0n) is 4.70. The second-order valence-corrected chi connectivity index (χ2v) is 4.08. The molecule has 0 N–H and O–H groups in total. The summed E-state index contributed by atoms with van der Waals surface area (Å²) in [6.07, 6.45) is 0. The molecule has 0 heterocycles. The van der Waals surface area contributed by atoms with E-state index in [0.29, 0.717) is 6.61 Å². The average Bonchev–Trinajstić information content (AvgIpc) is 1.64. The monoisotopic (exact) mass is 210 g/mol. The van der Waals surface area contributed by atoms with Crippen LogP contribution in [0.25, 0.3) is 0 Å². The largest absolute Gasteiger partial charge is 0.358 e. The van der Waals surface area contributed by atoms with Crippen molar-refractivity contribution in [3.63, 3.8) is 0 Å². The van der Waals surface area contributed by atoms with Crippen molar-refractivity contribution in [1.82, 2.24) is 0 Å². The van der Waals surface area contributed by atoms with Crippen molar-refractivity contribution in [1.29, 1.82) is 0 Å². The Labute approximate surface area is 74.2 Å². The maximum absolute atomic E-state index is 5.44. The molecule has 56 valence electrons. The molecule has 1 unspecified atom stereocenters. The lowest BCUT2D eigenvalue weighted by atomic mass is 10.8. The minimum Gasteiger partial charge on any atom is -0.358 e. The molecule has 0 amide bonds. The van der Waals surface area contributed by atoms with E-state index in [9.17, 15) is 0 Å². The van der Waals surface area contributed by atoms with Crippen LogP contribution < -0.4 is 0 Å². The fraction of sp³-hybridized carbons (Fsp3) is 1.00. The predicted molar refractivity (Wildman–Crippen MR) is 41.6 cm³/mol. The minimum absolute atomic E-state index is 0.433. The summed E-state index contributed by atoms with van der Waals surface area (Å²) >= 11 is 21.4. The van der Waals surface area contributed by atoms with E-state index in [0.717, 1.165) is 0 Å². The Hall–Kier alpha value is 1.12. The van der Waals surface area contributed by atoms with Gasteiger partial charge < -0.3 is 4.74 Å². The maximum Gasteiger partial charge on any atom is 0.229 e. The molecule has 0 saturated heterocycles. The fourth-order valence-electron chi connectivity index (χ4n) is 0.241. The topological polar surface area (TPSA) is 9.23 Å². The van der Waals surface area contributed by atoms with Gasteiger partial charge in [0.2, 0.25) is 3.79 Å². The predicted octanol–water partition coefficient (Wildman–Crippen LogP) is 2.96. The smallest absolute Gasteiger partial charge is 0.229 e. The SMILES string of the molecule is CCOC(Cl)C(Cl)(Cl)Cl.